The number of rotatable bonds is 2. The maximum atomic E-state index is 5.72. The number of ether oxygens (including phenoxy) is 1. The summed E-state index contributed by atoms with van der Waals surface area (Å²) in [5, 5.41) is 2.51. The zero-order chi connectivity index (χ0) is 14.9. The van der Waals surface area contributed by atoms with Gasteiger partial charge in [-0.2, -0.15) is 0 Å². The van der Waals surface area contributed by atoms with Crippen molar-refractivity contribution in [3.8, 4) is 11.1 Å². The summed E-state index contributed by atoms with van der Waals surface area (Å²) in [6.45, 7) is 3.55. The van der Waals surface area contributed by atoms with Crippen LogP contribution in [0.25, 0.3) is 21.9 Å². The molecule has 1 heterocycles. The van der Waals surface area contributed by atoms with Crippen LogP contribution in [0.3, 0.4) is 0 Å². The van der Waals surface area contributed by atoms with E-state index in [4.69, 9.17) is 4.74 Å². The van der Waals surface area contributed by atoms with Crippen LogP contribution in [-0.4, -0.2) is 19.0 Å². The Morgan fingerprint density at radius 2 is 1.77 bits per heavy atom. The Bertz CT molecular complexity index is 880. The first-order chi connectivity index (χ1) is 10.8. The van der Waals surface area contributed by atoms with Gasteiger partial charge in [-0.05, 0) is 40.5 Å². The maximum absolute atomic E-state index is 5.72. The van der Waals surface area contributed by atoms with E-state index in [-0.39, 0.29) is 0 Å². The van der Waals surface area contributed by atoms with Gasteiger partial charge in [-0.3, -0.25) is 0 Å². The Morgan fingerprint density at radius 3 is 2.59 bits per heavy atom. The molecule has 0 saturated heterocycles. The maximum Gasteiger partial charge on any atom is 0.217 e. The highest BCUT2D eigenvalue weighted by atomic mass is 16.5. The van der Waals surface area contributed by atoms with Crippen LogP contribution in [0.5, 0.6) is 0 Å². The number of benzene rings is 3. The van der Waals surface area contributed by atoms with Gasteiger partial charge in [-0.25, -0.2) is 4.99 Å². The van der Waals surface area contributed by atoms with E-state index in [1.54, 1.807) is 0 Å². The van der Waals surface area contributed by atoms with Crippen molar-refractivity contribution in [3.63, 3.8) is 0 Å². The molecule has 0 amide bonds. The van der Waals surface area contributed by atoms with E-state index in [2.05, 4.69) is 72.6 Å². The average molecular weight is 287 g/mol. The minimum atomic E-state index is 0.681. The lowest BCUT2D eigenvalue weighted by Gasteiger charge is -2.13. The highest BCUT2D eigenvalue weighted by Crippen LogP contribution is 2.30. The quantitative estimate of drug-likeness (QED) is 0.675. The third-order valence-electron chi connectivity index (χ3n) is 4.13. The number of nitrogens with zero attached hydrogens (tertiary/aromatic N) is 1. The molecule has 4 rings (SSSR count). The summed E-state index contributed by atoms with van der Waals surface area (Å²) in [5.41, 5.74) is 4.71. The molecule has 3 aromatic rings. The molecule has 0 spiro atoms. The average Bonchev–Trinajstić information content (AvgIpc) is 3.08. The SMILES string of the molecule is Cc1cccc(-c2ccc3ccccc3c2)c1C1=NCCO1. The first kappa shape index (κ1) is 13.1. The molecule has 1 aliphatic heterocycles. The van der Waals surface area contributed by atoms with Gasteiger partial charge < -0.3 is 4.74 Å². The van der Waals surface area contributed by atoms with Gasteiger partial charge in [0, 0.05) is 5.56 Å². The van der Waals surface area contributed by atoms with Crippen LogP contribution < -0.4 is 0 Å². The first-order valence-electron chi connectivity index (χ1n) is 7.59. The van der Waals surface area contributed by atoms with E-state index < -0.39 is 0 Å². The molecule has 0 unspecified atom stereocenters. The fourth-order valence-corrected chi connectivity index (χ4v) is 3.04. The molecule has 0 fully saturated rings. The summed E-state index contributed by atoms with van der Waals surface area (Å²) in [6.07, 6.45) is 0. The van der Waals surface area contributed by atoms with E-state index >= 15 is 0 Å². The molecule has 22 heavy (non-hydrogen) atoms. The summed E-state index contributed by atoms with van der Waals surface area (Å²) in [7, 11) is 0. The summed E-state index contributed by atoms with van der Waals surface area (Å²) in [6, 6.07) is 21.4. The van der Waals surface area contributed by atoms with Crippen LogP contribution in [-0.2, 0) is 4.74 Å². The van der Waals surface area contributed by atoms with Gasteiger partial charge in [0.25, 0.3) is 0 Å². The van der Waals surface area contributed by atoms with E-state index in [0.717, 1.165) is 18.0 Å². The van der Waals surface area contributed by atoms with Crippen LogP contribution in [0.4, 0.5) is 0 Å². The van der Waals surface area contributed by atoms with E-state index in [0.29, 0.717) is 6.61 Å². The molecular weight excluding hydrogens is 270 g/mol. The van der Waals surface area contributed by atoms with Crippen LogP contribution in [0, 0.1) is 6.92 Å². The Kier molecular flexibility index (Phi) is 3.15. The molecule has 3 aromatic carbocycles. The van der Waals surface area contributed by atoms with Crippen molar-refractivity contribution in [3.05, 3.63) is 71.8 Å². The normalized spacial score (nSPS) is 14.0. The van der Waals surface area contributed by atoms with Crippen molar-refractivity contribution in [1.82, 2.24) is 0 Å². The lowest BCUT2D eigenvalue weighted by atomic mass is 9.94. The van der Waals surface area contributed by atoms with Gasteiger partial charge in [-0.1, -0.05) is 54.6 Å². The molecule has 0 N–H and O–H groups in total. The molecule has 108 valence electrons. The smallest absolute Gasteiger partial charge is 0.217 e. The monoisotopic (exact) mass is 287 g/mol. The van der Waals surface area contributed by atoms with Crippen LogP contribution in [0.15, 0.2) is 65.7 Å². The van der Waals surface area contributed by atoms with Crippen molar-refractivity contribution < 1.29 is 4.74 Å². The minimum absolute atomic E-state index is 0.681. The second-order valence-corrected chi connectivity index (χ2v) is 5.59. The third kappa shape index (κ3) is 2.17. The van der Waals surface area contributed by atoms with Gasteiger partial charge in [-0.15, -0.1) is 0 Å². The fraction of sp³-hybridized carbons (Fsp3) is 0.150. The van der Waals surface area contributed by atoms with E-state index in [1.165, 1.54) is 27.5 Å². The third-order valence-corrected chi connectivity index (χ3v) is 4.13. The molecule has 0 saturated carbocycles. The fourth-order valence-electron chi connectivity index (χ4n) is 3.04. The highest BCUT2D eigenvalue weighted by Gasteiger charge is 2.18. The Balaban J connectivity index is 1.92. The molecule has 0 radical (unpaired) electrons. The second kappa shape index (κ2) is 5.30. The van der Waals surface area contributed by atoms with Crippen LogP contribution >= 0.6 is 0 Å². The number of hydrogen-bond acceptors (Lipinski definition) is 2. The van der Waals surface area contributed by atoms with Gasteiger partial charge in [0.05, 0.1) is 6.54 Å². The van der Waals surface area contributed by atoms with Crippen LogP contribution in [0.2, 0.25) is 0 Å². The molecule has 2 heteroatoms. The van der Waals surface area contributed by atoms with Crippen LogP contribution in [0.1, 0.15) is 11.1 Å². The second-order valence-electron chi connectivity index (χ2n) is 5.59. The van der Waals surface area contributed by atoms with Crippen molar-refractivity contribution in [1.29, 1.82) is 0 Å². The van der Waals surface area contributed by atoms with Crippen molar-refractivity contribution in [2.45, 2.75) is 6.92 Å². The minimum Gasteiger partial charge on any atom is -0.475 e. The summed E-state index contributed by atoms with van der Waals surface area (Å²) in [4.78, 5) is 4.51. The van der Waals surface area contributed by atoms with Gasteiger partial charge >= 0.3 is 0 Å². The summed E-state index contributed by atoms with van der Waals surface area (Å²) in [5.74, 6) is 0.779. The Hall–Kier alpha value is -2.61. The zero-order valence-electron chi connectivity index (χ0n) is 12.5. The molecule has 0 bridgehead atoms. The summed E-state index contributed by atoms with van der Waals surface area (Å²) >= 11 is 0. The molecule has 1 aliphatic rings. The largest absolute Gasteiger partial charge is 0.475 e. The van der Waals surface area contributed by atoms with Gasteiger partial charge in [0.2, 0.25) is 5.90 Å². The molecule has 0 aliphatic carbocycles. The lowest BCUT2D eigenvalue weighted by molar-refractivity contribution is 0.348. The first-order valence-corrected chi connectivity index (χ1v) is 7.59. The molecular formula is C20H17NO. The standard InChI is InChI=1S/C20H17NO/c1-14-5-4-8-18(19(14)20-21-11-12-22-20)17-10-9-15-6-2-3-7-16(15)13-17/h2-10,13H,11-12H2,1H3. The number of hydrogen-bond donors (Lipinski definition) is 0. The lowest BCUT2D eigenvalue weighted by Crippen LogP contribution is -2.06. The summed E-state index contributed by atoms with van der Waals surface area (Å²) < 4.78 is 5.72. The van der Waals surface area contributed by atoms with Gasteiger partial charge in [0.1, 0.15) is 6.61 Å². The number of fused-ring (bicyclic) bond motifs is 1. The highest BCUT2D eigenvalue weighted by molar-refractivity contribution is 6.03. The molecule has 0 aromatic heterocycles. The van der Waals surface area contributed by atoms with Crippen molar-refractivity contribution >= 4 is 16.7 Å². The number of aliphatic imine (C=N–C) groups is 1. The Labute approximate surface area is 130 Å². The van der Waals surface area contributed by atoms with Crippen molar-refractivity contribution in [2.75, 3.05) is 13.2 Å². The van der Waals surface area contributed by atoms with Crippen molar-refractivity contribution in [2.24, 2.45) is 4.99 Å². The predicted octanol–water partition coefficient (Wildman–Crippen LogP) is 4.59. The zero-order valence-corrected chi connectivity index (χ0v) is 12.5. The molecule has 0 atom stereocenters. The van der Waals surface area contributed by atoms with E-state index in [1.807, 2.05) is 0 Å². The predicted molar refractivity (Wildman–Crippen MR) is 91.5 cm³/mol. The topological polar surface area (TPSA) is 21.6 Å². The van der Waals surface area contributed by atoms with E-state index in [9.17, 15) is 0 Å². The number of aryl methyl sites for hydroxylation is 1. The van der Waals surface area contributed by atoms with Gasteiger partial charge in [0.15, 0.2) is 0 Å². The Morgan fingerprint density at radius 1 is 0.909 bits per heavy atom. The molecule has 2 nitrogen and oxygen atoms in total.